The van der Waals surface area contributed by atoms with Crippen molar-refractivity contribution in [3.8, 4) is 0 Å². The monoisotopic (exact) mass is 445 g/mol. The zero-order chi connectivity index (χ0) is 19.0. The number of hydrogen-bond acceptors (Lipinski definition) is 3. The van der Waals surface area contributed by atoms with Crippen molar-refractivity contribution in [1.29, 1.82) is 0 Å². The van der Waals surface area contributed by atoms with Gasteiger partial charge in [-0.15, -0.1) is 11.3 Å². The van der Waals surface area contributed by atoms with Gasteiger partial charge in [-0.25, -0.2) is 0 Å². The molecular formula is C20H20BrN3O2S. The first kappa shape index (κ1) is 18.3. The molecule has 3 heterocycles. The third-order valence-electron chi connectivity index (χ3n) is 5.05. The molecule has 5 nitrogen and oxygen atoms in total. The van der Waals surface area contributed by atoms with Gasteiger partial charge in [-0.2, -0.15) is 0 Å². The summed E-state index contributed by atoms with van der Waals surface area (Å²) in [5.74, 6) is -0.0876. The number of nitrogens with zero attached hydrogens (tertiary/aromatic N) is 2. The molecule has 1 N–H and O–H groups in total. The van der Waals surface area contributed by atoms with Crippen LogP contribution in [0.5, 0.6) is 0 Å². The number of rotatable bonds is 4. The third-order valence-corrected chi connectivity index (χ3v) is 6.87. The zero-order valence-corrected chi connectivity index (χ0v) is 17.4. The molecule has 0 aliphatic carbocycles. The van der Waals surface area contributed by atoms with Gasteiger partial charge in [-0.05, 0) is 45.4 Å². The number of carbonyl (C=O) groups is 2. The fourth-order valence-electron chi connectivity index (χ4n) is 3.59. The van der Waals surface area contributed by atoms with Crippen LogP contribution in [0, 0.1) is 0 Å². The summed E-state index contributed by atoms with van der Waals surface area (Å²) < 4.78 is 2.66. The number of halogens is 1. The summed E-state index contributed by atoms with van der Waals surface area (Å²) in [7, 11) is 1.87. The summed E-state index contributed by atoms with van der Waals surface area (Å²) in [5, 5.41) is 5.98. The van der Waals surface area contributed by atoms with Crippen LogP contribution in [0.2, 0.25) is 0 Å². The van der Waals surface area contributed by atoms with E-state index < -0.39 is 0 Å². The van der Waals surface area contributed by atoms with E-state index in [4.69, 9.17) is 0 Å². The maximum absolute atomic E-state index is 12.7. The number of hydrogen-bond donors (Lipinski definition) is 1. The van der Waals surface area contributed by atoms with E-state index in [9.17, 15) is 9.59 Å². The van der Waals surface area contributed by atoms with Crippen LogP contribution < -0.4 is 5.32 Å². The van der Waals surface area contributed by atoms with Gasteiger partial charge in [-0.3, -0.25) is 9.59 Å². The molecule has 0 fully saturated rings. The fraction of sp³-hybridized carbons (Fsp3) is 0.300. The number of carbonyl (C=O) groups excluding carboxylic acids is 2. The van der Waals surface area contributed by atoms with Gasteiger partial charge in [0.25, 0.3) is 5.91 Å². The normalized spacial score (nSPS) is 13.6. The lowest BCUT2D eigenvalue weighted by atomic mass is 10.1. The van der Waals surface area contributed by atoms with Crippen LogP contribution in [0.3, 0.4) is 0 Å². The van der Waals surface area contributed by atoms with Gasteiger partial charge >= 0.3 is 0 Å². The average molecular weight is 446 g/mol. The lowest BCUT2D eigenvalue weighted by Crippen LogP contribution is -2.37. The van der Waals surface area contributed by atoms with E-state index in [0.29, 0.717) is 25.2 Å². The SMILES string of the molecule is Cn1c(C(=O)NCCC(=O)N2CCc3sccc3C2)c(Br)c2ccccc21. The van der Waals surface area contributed by atoms with Crippen LogP contribution in [-0.4, -0.2) is 34.4 Å². The Morgan fingerprint density at radius 1 is 1.26 bits per heavy atom. The number of para-hydroxylation sites is 1. The minimum absolute atomic E-state index is 0.0863. The second kappa shape index (κ2) is 7.48. The van der Waals surface area contributed by atoms with E-state index in [1.807, 2.05) is 40.8 Å². The van der Waals surface area contributed by atoms with E-state index in [0.717, 1.165) is 28.3 Å². The molecule has 0 saturated carbocycles. The minimum atomic E-state index is -0.174. The number of benzene rings is 1. The molecule has 1 aromatic carbocycles. The fourth-order valence-corrected chi connectivity index (χ4v) is 5.26. The topological polar surface area (TPSA) is 54.3 Å². The van der Waals surface area contributed by atoms with E-state index in [2.05, 4.69) is 32.7 Å². The first-order valence-electron chi connectivity index (χ1n) is 8.90. The summed E-state index contributed by atoms with van der Waals surface area (Å²) in [6.45, 7) is 1.77. The van der Waals surface area contributed by atoms with Gasteiger partial charge in [0.15, 0.2) is 0 Å². The minimum Gasteiger partial charge on any atom is -0.350 e. The number of fused-ring (bicyclic) bond motifs is 2. The molecule has 7 heteroatoms. The summed E-state index contributed by atoms with van der Waals surface area (Å²) in [4.78, 5) is 28.4. The first-order chi connectivity index (χ1) is 13.1. The first-order valence-corrected chi connectivity index (χ1v) is 10.6. The number of aromatic nitrogens is 1. The van der Waals surface area contributed by atoms with Crippen molar-refractivity contribution in [3.05, 3.63) is 56.3 Å². The van der Waals surface area contributed by atoms with Crippen molar-refractivity contribution in [3.63, 3.8) is 0 Å². The summed E-state index contributed by atoms with van der Waals surface area (Å²) in [6, 6.07) is 9.96. The molecule has 0 unspecified atom stereocenters. The van der Waals surface area contributed by atoms with Gasteiger partial charge in [-0.1, -0.05) is 18.2 Å². The molecule has 140 valence electrons. The zero-order valence-electron chi connectivity index (χ0n) is 15.0. The maximum Gasteiger partial charge on any atom is 0.269 e. The highest BCUT2D eigenvalue weighted by molar-refractivity contribution is 9.10. The number of nitrogens with one attached hydrogen (secondary N) is 1. The molecule has 3 aromatic rings. The van der Waals surface area contributed by atoms with Crippen LogP contribution in [0.15, 0.2) is 40.2 Å². The second-order valence-corrected chi connectivity index (χ2v) is 8.47. The molecule has 1 aliphatic heterocycles. The Bertz CT molecular complexity index is 985. The van der Waals surface area contributed by atoms with E-state index >= 15 is 0 Å². The number of thiophene rings is 1. The van der Waals surface area contributed by atoms with E-state index in [-0.39, 0.29) is 11.8 Å². The van der Waals surface area contributed by atoms with Crippen molar-refractivity contribution in [2.45, 2.75) is 19.4 Å². The van der Waals surface area contributed by atoms with Crippen LogP contribution in [0.1, 0.15) is 27.3 Å². The Morgan fingerprint density at radius 2 is 2.07 bits per heavy atom. The Labute approximate surface area is 170 Å². The van der Waals surface area contributed by atoms with Crippen molar-refractivity contribution >= 4 is 50.0 Å². The van der Waals surface area contributed by atoms with Crippen molar-refractivity contribution in [1.82, 2.24) is 14.8 Å². The number of amides is 2. The van der Waals surface area contributed by atoms with Gasteiger partial charge in [0.2, 0.25) is 5.91 Å². The predicted molar refractivity (Wildman–Crippen MR) is 111 cm³/mol. The molecule has 0 radical (unpaired) electrons. The lowest BCUT2D eigenvalue weighted by molar-refractivity contribution is -0.131. The predicted octanol–water partition coefficient (Wildman–Crippen LogP) is 3.71. The summed E-state index contributed by atoms with van der Waals surface area (Å²) in [5.41, 5.74) is 2.82. The van der Waals surface area contributed by atoms with E-state index in [1.165, 1.54) is 10.4 Å². The second-order valence-electron chi connectivity index (χ2n) is 6.68. The average Bonchev–Trinajstić information content (AvgIpc) is 3.24. The standard InChI is InChI=1S/C20H20BrN3O2S/c1-23-15-5-3-2-4-14(15)18(21)19(23)20(26)22-9-6-17(25)24-10-7-16-13(12-24)8-11-27-16/h2-5,8,11H,6-7,9-10,12H2,1H3,(H,22,26). The van der Waals surface area contributed by atoms with Crippen LogP contribution >= 0.6 is 27.3 Å². The van der Waals surface area contributed by atoms with Crippen molar-refractivity contribution in [2.24, 2.45) is 7.05 Å². The van der Waals surface area contributed by atoms with Gasteiger partial charge in [0, 0.05) is 48.9 Å². The van der Waals surface area contributed by atoms with Gasteiger partial charge < -0.3 is 14.8 Å². The van der Waals surface area contributed by atoms with Crippen molar-refractivity contribution in [2.75, 3.05) is 13.1 Å². The molecule has 0 spiro atoms. The summed E-state index contributed by atoms with van der Waals surface area (Å²) >= 11 is 5.30. The molecule has 4 rings (SSSR count). The van der Waals surface area contributed by atoms with Gasteiger partial charge in [0.05, 0.1) is 4.47 Å². The Balaban J connectivity index is 1.37. The van der Waals surface area contributed by atoms with Gasteiger partial charge in [0.1, 0.15) is 5.69 Å². The largest absolute Gasteiger partial charge is 0.350 e. The molecule has 0 atom stereocenters. The van der Waals surface area contributed by atoms with E-state index in [1.54, 1.807) is 11.3 Å². The van der Waals surface area contributed by atoms with Crippen LogP contribution in [-0.2, 0) is 24.8 Å². The molecular weight excluding hydrogens is 426 g/mol. The third kappa shape index (κ3) is 3.41. The molecule has 27 heavy (non-hydrogen) atoms. The van der Waals surface area contributed by atoms with Crippen LogP contribution in [0.25, 0.3) is 10.9 Å². The molecule has 0 bridgehead atoms. The number of aryl methyl sites for hydroxylation is 1. The quantitative estimate of drug-likeness (QED) is 0.665. The highest BCUT2D eigenvalue weighted by Gasteiger charge is 2.22. The maximum atomic E-state index is 12.7. The molecule has 0 saturated heterocycles. The Kier molecular flexibility index (Phi) is 5.06. The summed E-state index contributed by atoms with van der Waals surface area (Å²) in [6.07, 6.45) is 1.24. The van der Waals surface area contributed by atoms with Crippen molar-refractivity contribution < 1.29 is 9.59 Å². The lowest BCUT2D eigenvalue weighted by Gasteiger charge is -2.27. The molecule has 2 amide bonds. The Morgan fingerprint density at radius 3 is 2.89 bits per heavy atom. The molecule has 2 aromatic heterocycles. The van der Waals surface area contributed by atoms with Crippen LogP contribution in [0.4, 0.5) is 0 Å². The Hall–Kier alpha value is -2.12. The smallest absolute Gasteiger partial charge is 0.269 e. The molecule has 1 aliphatic rings. The highest BCUT2D eigenvalue weighted by atomic mass is 79.9. The highest BCUT2D eigenvalue weighted by Crippen LogP contribution is 2.30.